The summed E-state index contributed by atoms with van der Waals surface area (Å²) in [4.78, 5) is 24.6. The van der Waals surface area contributed by atoms with Crippen molar-refractivity contribution in [3.05, 3.63) is 33.4 Å². The Morgan fingerprint density at radius 1 is 1.35 bits per heavy atom. The molecule has 1 aromatic rings. The van der Waals surface area contributed by atoms with Crippen molar-refractivity contribution in [2.45, 2.75) is 18.9 Å². The number of carboxylic acids is 1. The molecule has 1 heterocycles. The molecule has 1 aliphatic heterocycles. The first-order valence-electron chi connectivity index (χ1n) is 6.44. The number of carboxylic acid groups (broad SMARTS) is 1. The number of amides is 1. The number of aliphatic carboxylic acids is 1. The molecule has 108 valence electrons. The van der Waals surface area contributed by atoms with Crippen molar-refractivity contribution < 1.29 is 19.4 Å². The number of nitrogens with zero attached hydrogens (tertiary/aromatic N) is 1. The van der Waals surface area contributed by atoms with Gasteiger partial charge in [-0.25, -0.2) is 4.79 Å². The van der Waals surface area contributed by atoms with Gasteiger partial charge in [0.2, 0.25) is 0 Å². The summed E-state index contributed by atoms with van der Waals surface area (Å²) in [7, 11) is 0. The number of piperidine rings is 1. The van der Waals surface area contributed by atoms with E-state index in [0.717, 1.165) is 3.57 Å². The lowest BCUT2D eigenvalue weighted by Crippen LogP contribution is -2.41. The minimum Gasteiger partial charge on any atom is -0.480 e. The summed E-state index contributed by atoms with van der Waals surface area (Å²) in [6.45, 7) is 0.943. The molecule has 2 rings (SSSR count). The highest BCUT2D eigenvalue weighted by atomic mass is 127. The third-order valence-electron chi connectivity index (χ3n) is 3.24. The number of hydrogen-bond donors (Lipinski definition) is 1. The molecule has 1 aromatic carbocycles. The van der Waals surface area contributed by atoms with E-state index in [2.05, 4.69) is 22.6 Å². The topological polar surface area (TPSA) is 66.8 Å². The maximum Gasteiger partial charge on any atom is 0.329 e. The first-order chi connectivity index (χ1) is 9.56. The molecule has 0 aromatic heterocycles. The second-order valence-corrected chi connectivity index (χ2v) is 5.95. The normalized spacial score (nSPS) is 16.1. The predicted octanol–water partition coefficient (Wildman–Crippen LogP) is 2.00. The zero-order valence-corrected chi connectivity index (χ0v) is 13.1. The highest BCUT2D eigenvalue weighted by Gasteiger charge is 2.24. The molecule has 0 aliphatic carbocycles. The molecular weight excluding hydrogens is 373 g/mol. The molecule has 5 nitrogen and oxygen atoms in total. The fourth-order valence-corrected chi connectivity index (χ4v) is 2.76. The Bertz CT molecular complexity index is 498. The number of halogens is 1. The van der Waals surface area contributed by atoms with Gasteiger partial charge in [0.25, 0.3) is 5.91 Å². The molecule has 0 spiro atoms. The Balaban J connectivity index is 1.87. The molecule has 1 amide bonds. The van der Waals surface area contributed by atoms with E-state index in [1.165, 1.54) is 0 Å². The van der Waals surface area contributed by atoms with Gasteiger partial charge < -0.3 is 14.7 Å². The molecule has 1 saturated heterocycles. The van der Waals surface area contributed by atoms with Crippen LogP contribution in [0.15, 0.2) is 24.3 Å². The third-order valence-corrected chi connectivity index (χ3v) is 3.91. The van der Waals surface area contributed by atoms with Crippen LogP contribution in [0.5, 0.6) is 0 Å². The van der Waals surface area contributed by atoms with Crippen molar-refractivity contribution in [2.75, 3.05) is 19.7 Å². The van der Waals surface area contributed by atoms with Gasteiger partial charge in [0.05, 0.1) is 6.10 Å². The van der Waals surface area contributed by atoms with Gasteiger partial charge in [-0.3, -0.25) is 4.79 Å². The first kappa shape index (κ1) is 15.2. The highest BCUT2D eigenvalue weighted by Crippen LogP contribution is 2.17. The molecule has 0 saturated carbocycles. The number of benzene rings is 1. The van der Waals surface area contributed by atoms with Gasteiger partial charge in [-0.05, 0) is 53.6 Å². The smallest absolute Gasteiger partial charge is 0.329 e. The standard InChI is InChI=1S/C14H16INO4/c15-11-3-1-2-10(8-11)14(19)16-6-4-12(5-7-16)20-9-13(17)18/h1-3,8,12H,4-7,9H2,(H,17,18). The fourth-order valence-electron chi connectivity index (χ4n) is 2.22. The lowest BCUT2D eigenvalue weighted by molar-refractivity contribution is -0.145. The highest BCUT2D eigenvalue weighted by molar-refractivity contribution is 14.1. The number of hydrogen-bond acceptors (Lipinski definition) is 3. The van der Waals surface area contributed by atoms with E-state index in [-0.39, 0.29) is 18.6 Å². The summed E-state index contributed by atoms with van der Waals surface area (Å²) in [6, 6.07) is 7.51. The van der Waals surface area contributed by atoms with Crippen LogP contribution in [-0.2, 0) is 9.53 Å². The van der Waals surface area contributed by atoms with Crippen molar-refractivity contribution in [1.82, 2.24) is 4.90 Å². The number of rotatable bonds is 4. The van der Waals surface area contributed by atoms with Gasteiger partial charge >= 0.3 is 5.97 Å². The monoisotopic (exact) mass is 389 g/mol. The van der Waals surface area contributed by atoms with E-state index in [0.29, 0.717) is 31.5 Å². The minimum atomic E-state index is -0.956. The summed E-state index contributed by atoms with van der Waals surface area (Å²) >= 11 is 2.18. The fraction of sp³-hybridized carbons (Fsp3) is 0.429. The van der Waals surface area contributed by atoms with Crippen molar-refractivity contribution in [3.8, 4) is 0 Å². The van der Waals surface area contributed by atoms with Crippen LogP contribution in [0.3, 0.4) is 0 Å². The van der Waals surface area contributed by atoms with E-state index >= 15 is 0 Å². The average molecular weight is 389 g/mol. The molecule has 1 N–H and O–H groups in total. The maximum atomic E-state index is 12.3. The Hall–Kier alpha value is -1.15. The van der Waals surface area contributed by atoms with Crippen LogP contribution in [0.25, 0.3) is 0 Å². The van der Waals surface area contributed by atoms with Gasteiger partial charge in [-0.1, -0.05) is 6.07 Å². The van der Waals surface area contributed by atoms with Crippen LogP contribution < -0.4 is 0 Å². The minimum absolute atomic E-state index is 0.0280. The van der Waals surface area contributed by atoms with Gasteiger partial charge in [0.1, 0.15) is 6.61 Å². The van der Waals surface area contributed by atoms with Crippen LogP contribution in [0, 0.1) is 3.57 Å². The van der Waals surface area contributed by atoms with Crippen molar-refractivity contribution in [2.24, 2.45) is 0 Å². The molecule has 1 aliphatic rings. The number of ether oxygens (including phenoxy) is 1. The summed E-state index contributed by atoms with van der Waals surface area (Å²) in [5.41, 5.74) is 0.696. The van der Waals surface area contributed by atoms with Gasteiger partial charge in [-0.15, -0.1) is 0 Å². The Morgan fingerprint density at radius 2 is 2.05 bits per heavy atom. The molecule has 1 fully saturated rings. The molecule has 0 unspecified atom stereocenters. The predicted molar refractivity (Wildman–Crippen MR) is 81.7 cm³/mol. The quantitative estimate of drug-likeness (QED) is 0.801. The van der Waals surface area contributed by atoms with Crippen LogP contribution >= 0.6 is 22.6 Å². The third kappa shape index (κ3) is 4.17. The van der Waals surface area contributed by atoms with E-state index in [9.17, 15) is 9.59 Å². The maximum absolute atomic E-state index is 12.3. The molecule has 0 radical (unpaired) electrons. The number of carbonyl (C=O) groups is 2. The molecule has 6 heteroatoms. The van der Waals surface area contributed by atoms with Crippen molar-refractivity contribution in [3.63, 3.8) is 0 Å². The van der Waals surface area contributed by atoms with E-state index < -0.39 is 5.97 Å². The second-order valence-electron chi connectivity index (χ2n) is 4.71. The Morgan fingerprint density at radius 3 is 2.65 bits per heavy atom. The van der Waals surface area contributed by atoms with E-state index in [1.807, 2.05) is 24.3 Å². The van der Waals surface area contributed by atoms with Crippen molar-refractivity contribution >= 4 is 34.5 Å². The lowest BCUT2D eigenvalue weighted by atomic mass is 10.1. The zero-order valence-electron chi connectivity index (χ0n) is 10.9. The first-order valence-corrected chi connectivity index (χ1v) is 7.52. The second kappa shape index (κ2) is 7.03. The van der Waals surface area contributed by atoms with E-state index in [1.54, 1.807) is 4.90 Å². The van der Waals surface area contributed by atoms with Crippen molar-refractivity contribution in [1.29, 1.82) is 0 Å². The molecule has 20 heavy (non-hydrogen) atoms. The van der Waals surface area contributed by atoms with Crippen LogP contribution in [0.2, 0.25) is 0 Å². The molecule has 0 atom stereocenters. The summed E-state index contributed by atoms with van der Waals surface area (Å²) in [5.74, 6) is -0.928. The van der Waals surface area contributed by atoms with Crippen LogP contribution in [-0.4, -0.2) is 47.7 Å². The molecule has 0 bridgehead atoms. The largest absolute Gasteiger partial charge is 0.480 e. The number of carbonyl (C=O) groups excluding carboxylic acids is 1. The molecular formula is C14H16INO4. The lowest BCUT2D eigenvalue weighted by Gasteiger charge is -2.31. The Kier molecular flexibility index (Phi) is 5.36. The number of likely N-dealkylation sites (tertiary alicyclic amines) is 1. The zero-order chi connectivity index (χ0) is 14.5. The van der Waals surface area contributed by atoms with Crippen LogP contribution in [0.1, 0.15) is 23.2 Å². The summed E-state index contributed by atoms with van der Waals surface area (Å²) in [6.07, 6.45) is 1.30. The summed E-state index contributed by atoms with van der Waals surface area (Å²) in [5, 5.41) is 8.57. The van der Waals surface area contributed by atoms with Gasteiger partial charge in [-0.2, -0.15) is 0 Å². The average Bonchev–Trinajstić information content (AvgIpc) is 2.45. The summed E-state index contributed by atoms with van der Waals surface area (Å²) < 4.78 is 6.29. The SMILES string of the molecule is O=C(O)COC1CCN(C(=O)c2cccc(I)c2)CC1. The van der Waals surface area contributed by atoms with Gasteiger partial charge in [0.15, 0.2) is 0 Å². The van der Waals surface area contributed by atoms with Gasteiger partial charge in [0, 0.05) is 22.2 Å². The van der Waals surface area contributed by atoms with Crippen LogP contribution in [0.4, 0.5) is 0 Å². The van der Waals surface area contributed by atoms with E-state index in [4.69, 9.17) is 9.84 Å². The Labute approximate surface area is 131 Å².